The molecule has 1 aromatic carbocycles. The summed E-state index contributed by atoms with van der Waals surface area (Å²) in [6.07, 6.45) is 4.48. The molecule has 104 valence electrons. The molecule has 0 N–H and O–H groups in total. The van der Waals surface area contributed by atoms with Crippen molar-refractivity contribution < 1.29 is 4.92 Å². The lowest BCUT2D eigenvalue weighted by atomic mass is 10.2. The molecule has 2 aromatic heterocycles. The molecule has 2 heterocycles. The Bertz CT molecular complexity index is 819. The van der Waals surface area contributed by atoms with E-state index < -0.39 is 4.92 Å². The highest BCUT2D eigenvalue weighted by Crippen LogP contribution is 2.22. The Morgan fingerprint density at radius 2 is 2.14 bits per heavy atom. The molecular weight excluding hydrogens is 340 g/mol. The van der Waals surface area contributed by atoms with Crippen LogP contribution in [0, 0.1) is 10.1 Å². The zero-order chi connectivity index (χ0) is 14.8. The average Bonchev–Trinajstić information content (AvgIpc) is 2.97. The predicted octanol–water partition coefficient (Wildman–Crippen LogP) is 2.40. The summed E-state index contributed by atoms with van der Waals surface area (Å²) in [5.41, 5.74) is 0.556. The van der Waals surface area contributed by atoms with Crippen LogP contribution in [0.15, 0.2) is 47.6 Å². The van der Waals surface area contributed by atoms with Crippen molar-refractivity contribution in [3.05, 3.63) is 57.7 Å². The summed E-state index contributed by atoms with van der Waals surface area (Å²) in [7, 11) is 0. The van der Waals surface area contributed by atoms with E-state index in [0.29, 0.717) is 21.7 Å². The number of non-ortho nitro benzene ring substituents is 1. The van der Waals surface area contributed by atoms with Gasteiger partial charge in [0.2, 0.25) is 0 Å². The third-order valence-electron chi connectivity index (χ3n) is 2.67. The molecule has 0 fully saturated rings. The maximum atomic E-state index is 10.8. The van der Waals surface area contributed by atoms with Crippen molar-refractivity contribution in [2.75, 3.05) is 0 Å². The minimum atomic E-state index is -0.457. The monoisotopic (exact) mass is 346 g/mol. The number of aromatic nitrogens is 5. The number of nitrogens with zero attached hydrogens (tertiary/aromatic N) is 6. The second-order valence-electron chi connectivity index (χ2n) is 4.01. The number of hydrogen-bond donors (Lipinski definition) is 0. The van der Waals surface area contributed by atoms with Gasteiger partial charge in [-0.25, -0.2) is 19.6 Å². The number of halogens is 1. The van der Waals surface area contributed by atoms with Crippen LogP contribution >= 0.6 is 15.9 Å². The molecule has 0 aliphatic heterocycles. The van der Waals surface area contributed by atoms with Crippen LogP contribution in [0.1, 0.15) is 0 Å². The molecule has 0 spiro atoms. The molecule has 8 nitrogen and oxygen atoms in total. The van der Waals surface area contributed by atoms with Gasteiger partial charge in [-0.2, -0.15) is 0 Å². The Morgan fingerprint density at radius 1 is 1.29 bits per heavy atom. The van der Waals surface area contributed by atoms with Crippen molar-refractivity contribution in [1.29, 1.82) is 0 Å². The highest BCUT2D eigenvalue weighted by molar-refractivity contribution is 9.10. The van der Waals surface area contributed by atoms with Crippen LogP contribution in [-0.4, -0.2) is 29.7 Å². The van der Waals surface area contributed by atoms with Gasteiger partial charge in [-0.3, -0.25) is 10.1 Å². The molecule has 0 radical (unpaired) electrons. The van der Waals surface area contributed by atoms with E-state index in [4.69, 9.17) is 0 Å². The SMILES string of the molecule is O=[N+]([O-])c1cccc(-c2ncn(-c3ncncc3Br)n2)c1. The average molecular weight is 347 g/mol. The molecular formula is C12H7BrN6O2. The zero-order valence-corrected chi connectivity index (χ0v) is 12.0. The fraction of sp³-hybridized carbons (Fsp3) is 0. The lowest BCUT2D eigenvalue weighted by Crippen LogP contribution is -2.00. The maximum absolute atomic E-state index is 10.8. The summed E-state index contributed by atoms with van der Waals surface area (Å²) >= 11 is 3.33. The molecule has 21 heavy (non-hydrogen) atoms. The first-order valence-corrected chi connectivity index (χ1v) is 6.57. The van der Waals surface area contributed by atoms with E-state index in [-0.39, 0.29) is 5.69 Å². The molecule has 0 bridgehead atoms. The first-order valence-electron chi connectivity index (χ1n) is 5.77. The second kappa shape index (κ2) is 5.37. The van der Waals surface area contributed by atoms with Crippen molar-refractivity contribution in [3.8, 4) is 17.2 Å². The van der Waals surface area contributed by atoms with Gasteiger partial charge in [-0.1, -0.05) is 12.1 Å². The van der Waals surface area contributed by atoms with Gasteiger partial charge < -0.3 is 0 Å². The number of nitro groups is 1. The molecule has 9 heteroatoms. The molecule has 0 unspecified atom stereocenters. The lowest BCUT2D eigenvalue weighted by Gasteiger charge is -2.00. The molecule has 3 rings (SSSR count). The molecule has 0 saturated carbocycles. The van der Waals surface area contributed by atoms with Gasteiger partial charge in [-0.05, 0) is 15.9 Å². The highest BCUT2D eigenvalue weighted by atomic mass is 79.9. The van der Waals surface area contributed by atoms with E-state index in [9.17, 15) is 10.1 Å². The molecule has 0 aliphatic rings. The van der Waals surface area contributed by atoms with Gasteiger partial charge in [-0.15, -0.1) is 5.10 Å². The van der Waals surface area contributed by atoms with Gasteiger partial charge in [0.05, 0.1) is 9.40 Å². The normalized spacial score (nSPS) is 10.5. The Kier molecular flexibility index (Phi) is 3.40. The smallest absolute Gasteiger partial charge is 0.258 e. The zero-order valence-electron chi connectivity index (χ0n) is 10.4. The fourth-order valence-electron chi connectivity index (χ4n) is 1.73. The van der Waals surface area contributed by atoms with E-state index in [1.807, 2.05) is 0 Å². The molecule has 3 aromatic rings. The van der Waals surface area contributed by atoms with Crippen LogP contribution in [0.3, 0.4) is 0 Å². The number of rotatable bonds is 3. The number of benzene rings is 1. The number of nitro benzene ring substituents is 1. The standard InChI is InChI=1S/C12H7BrN6O2/c13-10-5-14-6-15-12(10)18-7-16-11(17-18)8-2-1-3-9(4-8)19(20)21/h1-7H. The Morgan fingerprint density at radius 3 is 2.90 bits per heavy atom. The van der Waals surface area contributed by atoms with Crippen LogP contribution in [0.4, 0.5) is 5.69 Å². The van der Waals surface area contributed by atoms with E-state index in [0.717, 1.165) is 0 Å². The van der Waals surface area contributed by atoms with E-state index in [2.05, 4.69) is 36.0 Å². The predicted molar refractivity (Wildman–Crippen MR) is 76.7 cm³/mol. The first-order chi connectivity index (χ1) is 10.1. The van der Waals surface area contributed by atoms with Crippen molar-refractivity contribution in [2.45, 2.75) is 0 Å². The second-order valence-corrected chi connectivity index (χ2v) is 4.87. The van der Waals surface area contributed by atoms with E-state index in [1.165, 1.54) is 29.5 Å². The summed E-state index contributed by atoms with van der Waals surface area (Å²) < 4.78 is 2.14. The van der Waals surface area contributed by atoms with Gasteiger partial charge in [0.1, 0.15) is 12.7 Å². The quantitative estimate of drug-likeness (QED) is 0.533. The summed E-state index contributed by atoms with van der Waals surface area (Å²) in [6.45, 7) is 0. The third kappa shape index (κ3) is 2.63. The summed E-state index contributed by atoms with van der Waals surface area (Å²) in [6, 6.07) is 6.15. The summed E-state index contributed by atoms with van der Waals surface area (Å²) in [5.74, 6) is 0.915. The first kappa shape index (κ1) is 13.3. The van der Waals surface area contributed by atoms with Crippen LogP contribution in [0.25, 0.3) is 17.2 Å². The topological polar surface area (TPSA) is 99.6 Å². The van der Waals surface area contributed by atoms with Crippen LogP contribution < -0.4 is 0 Å². The van der Waals surface area contributed by atoms with E-state index >= 15 is 0 Å². The minimum absolute atomic E-state index is 0.00735. The Labute approximate surface area is 126 Å². The molecule has 0 aliphatic carbocycles. The highest BCUT2D eigenvalue weighted by Gasteiger charge is 2.12. The maximum Gasteiger partial charge on any atom is 0.270 e. The van der Waals surface area contributed by atoms with Crippen LogP contribution in [0.2, 0.25) is 0 Å². The largest absolute Gasteiger partial charge is 0.270 e. The van der Waals surface area contributed by atoms with E-state index in [1.54, 1.807) is 18.3 Å². The molecule has 0 saturated heterocycles. The summed E-state index contributed by atoms with van der Waals surface area (Å²) in [4.78, 5) is 22.5. The van der Waals surface area contributed by atoms with Crippen molar-refractivity contribution in [2.24, 2.45) is 0 Å². The van der Waals surface area contributed by atoms with Gasteiger partial charge in [0, 0.05) is 23.9 Å². The molecule has 0 atom stereocenters. The number of hydrogen-bond acceptors (Lipinski definition) is 6. The third-order valence-corrected chi connectivity index (χ3v) is 3.23. The van der Waals surface area contributed by atoms with Crippen LogP contribution in [-0.2, 0) is 0 Å². The van der Waals surface area contributed by atoms with Crippen molar-refractivity contribution in [1.82, 2.24) is 24.7 Å². The van der Waals surface area contributed by atoms with Crippen LogP contribution in [0.5, 0.6) is 0 Å². The van der Waals surface area contributed by atoms with Gasteiger partial charge in [0.25, 0.3) is 5.69 Å². The minimum Gasteiger partial charge on any atom is -0.258 e. The van der Waals surface area contributed by atoms with Gasteiger partial charge >= 0.3 is 0 Å². The lowest BCUT2D eigenvalue weighted by molar-refractivity contribution is -0.384. The Balaban J connectivity index is 2.01. The fourth-order valence-corrected chi connectivity index (χ4v) is 2.13. The summed E-state index contributed by atoms with van der Waals surface area (Å²) in [5, 5.41) is 15.1. The van der Waals surface area contributed by atoms with Crippen molar-refractivity contribution >= 4 is 21.6 Å². The van der Waals surface area contributed by atoms with Crippen molar-refractivity contribution in [3.63, 3.8) is 0 Å². The van der Waals surface area contributed by atoms with Gasteiger partial charge in [0.15, 0.2) is 11.6 Å². The Hall–Kier alpha value is -2.68. The molecule has 0 amide bonds.